The van der Waals surface area contributed by atoms with Crippen molar-refractivity contribution < 1.29 is 4.39 Å². The van der Waals surface area contributed by atoms with E-state index in [1.807, 2.05) is 0 Å². The lowest BCUT2D eigenvalue weighted by molar-refractivity contribution is 0.621. The molecule has 4 nitrogen and oxygen atoms in total. The molecule has 0 unspecified atom stereocenters. The van der Waals surface area contributed by atoms with Crippen molar-refractivity contribution in [2.24, 2.45) is 0 Å². The quantitative estimate of drug-likeness (QED) is 0.820. The van der Waals surface area contributed by atoms with Crippen LogP contribution in [0.2, 0.25) is 0 Å². The summed E-state index contributed by atoms with van der Waals surface area (Å²) in [4.78, 5) is 8.02. The highest BCUT2D eigenvalue weighted by molar-refractivity contribution is 7.09. The van der Waals surface area contributed by atoms with Crippen LogP contribution in [-0.4, -0.2) is 21.4 Å². The first-order valence-electron chi connectivity index (χ1n) is 3.93. The summed E-state index contributed by atoms with van der Waals surface area (Å²) in [6, 6.07) is 2.89. The fourth-order valence-corrected chi connectivity index (χ4v) is 1.46. The zero-order valence-corrected chi connectivity index (χ0v) is 8.18. The molecule has 72 valence electrons. The van der Waals surface area contributed by atoms with Gasteiger partial charge in [-0.2, -0.15) is 9.36 Å². The van der Waals surface area contributed by atoms with E-state index in [9.17, 15) is 4.39 Å². The zero-order valence-electron chi connectivity index (χ0n) is 7.36. The van der Waals surface area contributed by atoms with E-state index in [1.54, 1.807) is 13.1 Å². The Balaban J connectivity index is 2.34. The lowest BCUT2D eigenvalue weighted by atomic mass is 10.3. The van der Waals surface area contributed by atoms with Gasteiger partial charge in [-0.1, -0.05) is 0 Å². The predicted octanol–water partition coefficient (Wildman–Crippen LogP) is 1.78. The molecule has 14 heavy (non-hydrogen) atoms. The minimum Gasteiger partial charge on any atom is -0.363 e. The van der Waals surface area contributed by atoms with Crippen LogP contribution in [0.15, 0.2) is 18.3 Å². The van der Waals surface area contributed by atoms with Crippen molar-refractivity contribution in [2.75, 3.05) is 12.4 Å². The molecule has 6 heteroatoms. The monoisotopic (exact) mass is 210 g/mol. The van der Waals surface area contributed by atoms with Gasteiger partial charge in [0.15, 0.2) is 5.82 Å². The fourth-order valence-electron chi connectivity index (χ4n) is 0.937. The number of nitrogens with zero attached hydrogens (tertiary/aromatic N) is 3. The summed E-state index contributed by atoms with van der Waals surface area (Å²) < 4.78 is 16.6. The molecule has 0 saturated carbocycles. The normalized spacial score (nSPS) is 10.1. The topological polar surface area (TPSA) is 50.7 Å². The molecule has 0 spiro atoms. The molecule has 0 atom stereocenters. The first kappa shape index (κ1) is 9.01. The maximum atomic E-state index is 12.6. The minimum absolute atomic E-state index is 0.363. The van der Waals surface area contributed by atoms with Crippen LogP contribution in [-0.2, 0) is 0 Å². The molecule has 0 bridgehead atoms. The molecule has 2 aromatic rings. The molecule has 0 radical (unpaired) electrons. The molecule has 0 aliphatic heterocycles. The number of halogens is 1. The Labute approximate surface area is 84.0 Å². The average molecular weight is 210 g/mol. The number of hydrogen-bond acceptors (Lipinski definition) is 5. The summed E-state index contributed by atoms with van der Waals surface area (Å²) in [7, 11) is 1.77. The molecule has 2 rings (SSSR count). The van der Waals surface area contributed by atoms with Gasteiger partial charge in [-0.05, 0) is 12.1 Å². The second-order valence-electron chi connectivity index (χ2n) is 2.53. The Morgan fingerprint density at radius 2 is 2.29 bits per heavy atom. The van der Waals surface area contributed by atoms with Gasteiger partial charge in [-0.15, -0.1) is 0 Å². The molecular weight excluding hydrogens is 203 g/mol. The maximum Gasteiger partial charge on any atom is 0.202 e. The van der Waals surface area contributed by atoms with Crippen LogP contribution in [0.3, 0.4) is 0 Å². The van der Waals surface area contributed by atoms with Gasteiger partial charge in [0.05, 0.1) is 6.20 Å². The highest BCUT2D eigenvalue weighted by atomic mass is 32.1. The number of hydrogen-bond donors (Lipinski definition) is 1. The smallest absolute Gasteiger partial charge is 0.202 e. The SMILES string of the molecule is CNc1nc(-c2ccc(F)cn2)ns1. The molecule has 0 saturated heterocycles. The van der Waals surface area contributed by atoms with Gasteiger partial charge < -0.3 is 5.32 Å². The number of nitrogens with one attached hydrogen (secondary N) is 1. The van der Waals surface area contributed by atoms with Gasteiger partial charge in [0.25, 0.3) is 0 Å². The standard InChI is InChI=1S/C8H7FN4S/c1-10-8-12-7(13-14-8)6-3-2-5(9)4-11-6/h2-4H,1H3,(H,10,12,13). The summed E-state index contributed by atoms with van der Waals surface area (Å²) in [5.41, 5.74) is 0.573. The van der Waals surface area contributed by atoms with E-state index in [0.717, 1.165) is 6.20 Å². The van der Waals surface area contributed by atoms with E-state index in [-0.39, 0.29) is 5.82 Å². The van der Waals surface area contributed by atoms with Crippen molar-refractivity contribution in [1.82, 2.24) is 14.3 Å². The molecule has 1 N–H and O–H groups in total. The second kappa shape index (κ2) is 3.67. The van der Waals surface area contributed by atoms with Gasteiger partial charge in [-0.25, -0.2) is 9.37 Å². The largest absolute Gasteiger partial charge is 0.363 e. The Hall–Kier alpha value is -1.56. The third-order valence-corrected chi connectivity index (χ3v) is 2.33. The molecule has 0 aromatic carbocycles. The van der Waals surface area contributed by atoms with Crippen LogP contribution in [0.5, 0.6) is 0 Å². The molecule has 0 fully saturated rings. The summed E-state index contributed by atoms with van der Waals surface area (Å²) >= 11 is 1.24. The maximum absolute atomic E-state index is 12.6. The molecule has 2 heterocycles. The van der Waals surface area contributed by atoms with Gasteiger partial charge >= 0.3 is 0 Å². The van der Waals surface area contributed by atoms with Crippen molar-refractivity contribution in [3.63, 3.8) is 0 Å². The first-order valence-corrected chi connectivity index (χ1v) is 4.70. The van der Waals surface area contributed by atoms with Crippen molar-refractivity contribution in [3.8, 4) is 11.5 Å². The van der Waals surface area contributed by atoms with Gasteiger partial charge in [0, 0.05) is 18.6 Å². The number of aromatic nitrogens is 3. The van der Waals surface area contributed by atoms with Crippen LogP contribution < -0.4 is 5.32 Å². The Morgan fingerprint density at radius 3 is 2.86 bits per heavy atom. The predicted molar refractivity (Wildman–Crippen MR) is 52.6 cm³/mol. The highest BCUT2D eigenvalue weighted by Gasteiger charge is 2.06. The summed E-state index contributed by atoms with van der Waals surface area (Å²) in [6.45, 7) is 0. The van der Waals surface area contributed by atoms with Crippen LogP contribution in [0, 0.1) is 5.82 Å². The van der Waals surface area contributed by atoms with Gasteiger partial charge in [0.2, 0.25) is 5.13 Å². The van der Waals surface area contributed by atoms with Crippen molar-refractivity contribution in [1.29, 1.82) is 0 Å². The fraction of sp³-hybridized carbons (Fsp3) is 0.125. The summed E-state index contributed by atoms with van der Waals surface area (Å²) in [5, 5.41) is 3.59. The molecule has 2 aromatic heterocycles. The number of pyridine rings is 1. The second-order valence-corrected chi connectivity index (χ2v) is 3.29. The van der Waals surface area contributed by atoms with E-state index in [2.05, 4.69) is 19.7 Å². The van der Waals surface area contributed by atoms with E-state index in [1.165, 1.54) is 17.6 Å². The molecule has 0 aliphatic rings. The van der Waals surface area contributed by atoms with Crippen molar-refractivity contribution in [2.45, 2.75) is 0 Å². The highest BCUT2D eigenvalue weighted by Crippen LogP contribution is 2.18. The molecule has 0 amide bonds. The van der Waals surface area contributed by atoms with Crippen LogP contribution in [0.25, 0.3) is 11.5 Å². The van der Waals surface area contributed by atoms with E-state index < -0.39 is 0 Å². The average Bonchev–Trinajstić information content (AvgIpc) is 2.67. The number of rotatable bonds is 2. The van der Waals surface area contributed by atoms with Crippen LogP contribution >= 0.6 is 11.5 Å². The van der Waals surface area contributed by atoms with Crippen LogP contribution in [0.1, 0.15) is 0 Å². The van der Waals surface area contributed by atoms with E-state index >= 15 is 0 Å². The third kappa shape index (κ3) is 1.69. The Morgan fingerprint density at radius 1 is 1.43 bits per heavy atom. The molecule has 0 aliphatic carbocycles. The van der Waals surface area contributed by atoms with Gasteiger partial charge in [0.1, 0.15) is 11.5 Å². The van der Waals surface area contributed by atoms with Crippen molar-refractivity contribution >= 4 is 16.7 Å². The lowest BCUT2D eigenvalue weighted by Crippen LogP contribution is -1.88. The Kier molecular flexibility index (Phi) is 2.36. The molecular formula is C8H7FN4S. The minimum atomic E-state index is -0.363. The Bertz CT molecular complexity index is 425. The van der Waals surface area contributed by atoms with Crippen LogP contribution in [0.4, 0.5) is 9.52 Å². The third-order valence-electron chi connectivity index (χ3n) is 1.60. The van der Waals surface area contributed by atoms with E-state index in [0.29, 0.717) is 16.6 Å². The van der Waals surface area contributed by atoms with E-state index in [4.69, 9.17) is 0 Å². The number of anilines is 1. The summed E-state index contributed by atoms with van der Waals surface area (Å²) in [5.74, 6) is 0.150. The lowest BCUT2D eigenvalue weighted by Gasteiger charge is -1.92. The van der Waals surface area contributed by atoms with Crippen molar-refractivity contribution in [3.05, 3.63) is 24.1 Å². The zero-order chi connectivity index (χ0) is 9.97. The van der Waals surface area contributed by atoms with Gasteiger partial charge in [-0.3, -0.25) is 0 Å². The summed E-state index contributed by atoms with van der Waals surface area (Å²) in [6.07, 6.45) is 1.15. The first-order chi connectivity index (χ1) is 6.79.